The molecule has 0 aliphatic heterocycles. The van der Waals surface area contributed by atoms with Crippen molar-refractivity contribution in [2.45, 2.75) is 20.8 Å². The lowest BCUT2D eigenvalue weighted by Gasteiger charge is -2.06. The zero-order valence-corrected chi connectivity index (χ0v) is 10.1. The van der Waals surface area contributed by atoms with Crippen LogP contribution in [0.25, 0.3) is 0 Å². The van der Waals surface area contributed by atoms with Gasteiger partial charge < -0.3 is 10.2 Å². The van der Waals surface area contributed by atoms with Crippen LogP contribution in [0.5, 0.6) is 11.5 Å². The maximum absolute atomic E-state index is 11.3. The highest BCUT2D eigenvalue weighted by molar-refractivity contribution is 6.01. The van der Waals surface area contributed by atoms with Crippen LogP contribution in [0.3, 0.4) is 0 Å². The predicted molar refractivity (Wildman–Crippen MR) is 65.0 cm³/mol. The fraction of sp³-hybridized carbons (Fsp3) is 0.333. The Labute approximate surface area is 99.8 Å². The molecule has 0 unspecified atom stereocenters. The van der Waals surface area contributed by atoms with E-state index in [1.165, 1.54) is 18.2 Å². The topological polar surface area (TPSA) is 81.9 Å². The molecule has 0 spiro atoms. The van der Waals surface area contributed by atoms with Gasteiger partial charge in [-0.3, -0.25) is 4.79 Å². The largest absolute Gasteiger partial charge is 0.508 e. The Kier molecular flexibility index (Phi) is 4.09. The molecule has 0 aliphatic carbocycles. The Morgan fingerprint density at radius 3 is 2.59 bits per heavy atom. The molecule has 0 saturated carbocycles. The summed E-state index contributed by atoms with van der Waals surface area (Å²) in [5.41, 5.74) is 3.19. The maximum atomic E-state index is 11.3. The molecule has 0 fully saturated rings. The van der Waals surface area contributed by atoms with Crippen molar-refractivity contribution in [3.63, 3.8) is 0 Å². The van der Waals surface area contributed by atoms with Crippen LogP contribution in [-0.2, 0) is 4.79 Å². The predicted octanol–water partition coefficient (Wildman–Crippen LogP) is 1.59. The van der Waals surface area contributed by atoms with Gasteiger partial charge in [-0.05, 0) is 25.1 Å². The quantitative estimate of drug-likeness (QED) is 0.423. The minimum absolute atomic E-state index is 0.00264. The van der Waals surface area contributed by atoms with Gasteiger partial charge in [-0.2, -0.15) is 5.10 Å². The van der Waals surface area contributed by atoms with Crippen molar-refractivity contribution in [2.75, 3.05) is 0 Å². The first-order valence-electron chi connectivity index (χ1n) is 5.28. The van der Waals surface area contributed by atoms with Crippen molar-refractivity contribution in [3.05, 3.63) is 23.8 Å². The lowest BCUT2D eigenvalue weighted by Crippen LogP contribution is -2.24. The van der Waals surface area contributed by atoms with Crippen molar-refractivity contribution in [3.8, 4) is 11.5 Å². The molecule has 0 radical (unpaired) electrons. The number of benzene rings is 1. The number of amides is 1. The zero-order chi connectivity index (χ0) is 13.0. The van der Waals surface area contributed by atoms with E-state index in [0.29, 0.717) is 11.3 Å². The molecule has 0 aromatic heterocycles. The van der Waals surface area contributed by atoms with Gasteiger partial charge in [0, 0.05) is 11.5 Å². The summed E-state index contributed by atoms with van der Waals surface area (Å²) in [4.78, 5) is 11.3. The van der Waals surface area contributed by atoms with E-state index in [2.05, 4.69) is 10.5 Å². The molecular formula is C12H16N2O3. The van der Waals surface area contributed by atoms with Gasteiger partial charge in [0.15, 0.2) is 0 Å². The van der Waals surface area contributed by atoms with Gasteiger partial charge in [0.2, 0.25) is 5.91 Å². The van der Waals surface area contributed by atoms with E-state index < -0.39 is 0 Å². The van der Waals surface area contributed by atoms with Crippen LogP contribution in [-0.4, -0.2) is 21.8 Å². The molecule has 1 aromatic rings. The summed E-state index contributed by atoms with van der Waals surface area (Å²) in [6.07, 6.45) is 0. The van der Waals surface area contributed by atoms with E-state index in [1.54, 1.807) is 20.8 Å². The van der Waals surface area contributed by atoms with Crippen LogP contribution in [0, 0.1) is 5.92 Å². The first-order chi connectivity index (χ1) is 7.91. The fourth-order valence-electron chi connectivity index (χ4n) is 1.14. The average Bonchev–Trinajstić information content (AvgIpc) is 2.28. The standard InChI is InChI=1S/C12H16N2O3/c1-7(2)12(17)14-13-8(3)10-6-9(15)4-5-11(10)16/h4-7,15-16H,1-3H3,(H,14,17). The molecule has 0 atom stereocenters. The molecule has 0 saturated heterocycles. The van der Waals surface area contributed by atoms with Gasteiger partial charge in [0.25, 0.3) is 0 Å². The summed E-state index contributed by atoms with van der Waals surface area (Å²) in [5.74, 6) is -0.335. The Hall–Kier alpha value is -2.04. The van der Waals surface area contributed by atoms with Crippen molar-refractivity contribution < 1.29 is 15.0 Å². The van der Waals surface area contributed by atoms with Crippen LogP contribution in [0.1, 0.15) is 26.3 Å². The minimum atomic E-state index is -0.205. The van der Waals surface area contributed by atoms with Crippen molar-refractivity contribution in [1.82, 2.24) is 5.43 Å². The van der Waals surface area contributed by atoms with Crippen molar-refractivity contribution in [2.24, 2.45) is 11.0 Å². The number of carbonyl (C=O) groups is 1. The molecule has 3 N–H and O–H groups in total. The number of hydrogen-bond donors (Lipinski definition) is 3. The highest BCUT2D eigenvalue weighted by atomic mass is 16.3. The zero-order valence-electron chi connectivity index (χ0n) is 10.1. The first kappa shape index (κ1) is 13.0. The molecule has 5 nitrogen and oxygen atoms in total. The SMILES string of the molecule is CC(=NNC(=O)C(C)C)c1cc(O)ccc1O. The highest BCUT2D eigenvalue weighted by Crippen LogP contribution is 2.22. The van der Waals surface area contributed by atoms with Gasteiger partial charge in [0.1, 0.15) is 11.5 Å². The fourth-order valence-corrected chi connectivity index (χ4v) is 1.14. The number of phenolic OH excluding ortho intramolecular Hbond substituents is 2. The third kappa shape index (κ3) is 3.48. The second kappa shape index (κ2) is 5.34. The number of carbonyl (C=O) groups excluding carboxylic acids is 1. The second-order valence-electron chi connectivity index (χ2n) is 4.03. The van der Waals surface area contributed by atoms with Crippen molar-refractivity contribution in [1.29, 1.82) is 0 Å². The third-order valence-electron chi connectivity index (χ3n) is 2.23. The number of nitrogens with zero attached hydrogens (tertiary/aromatic N) is 1. The lowest BCUT2D eigenvalue weighted by atomic mass is 10.1. The van der Waals surface area contributed by atoms with E-state index >= 15 is 0 Å². The molecule has 5 heteroatoms. The molecular weight excluding hydrogens is 220 g/mol. The van der Waals surface area contributed by atoms with E-state index in [9.17, 15) is 15.0 Å². The normalized spacial score (nSPS) is 11.6. The molecule has 92 valence electrons. The summed E-state index contributed by atoms with van der Waals surface area (Å²) < 4.78 is 0. The van der Waals surface area contributed by atoms with Crippen LogP contribution in [0.4, 0.5) is 0 Å². The smallest absolute Gasteiger partial charge is 0.242 e. The summed E-state index contributed by atoms with van der Waals surface area (Å²) in [6, 6.07) is 4.13. The van der Waals surface area contributed by atoms with E-state index in [-0.39, 0.29) is 23.3 Å². The van der Waals surface area contributed by atoms with Gasteiger partial charge in [-0.25, -0.2) is 5.43 Å². The molecule has 0 heterocycles. The van der Waals surface area contributed by atoms with Crippen LogP contribution >= 0.6 is 0 Å². The third-order valence-corrected chi connectivity index (χ3v) is 2.23. The molecule has 1 rings (SSSR count). The summed E-state index contributed by atoms with van der Waals surface area (Å²) >= 11 is 0. The number of phenols is 2. The average molecular weight is 236 g/mol. The first-order valence-corrected chi connectivity index (χ1v) is 5.28. The Morgan fingerprint density at radius 1 is 1.35 bits per heavy atom. The van der Waals surface area contributed by atoms with Gasteiger partial charge in [-0.1, -0.05) is 13.8 Å². The maximum Gasteiger partial charge on any atom is 0.242 e. The number of hydrazone groups is 1. The number of hydrogen-bond acceptors (Lipinski definition) is 4. The molecule has 17 heavy (non-hydrogen) atoms. The Morgan fingerprint density at radius 2 is 2.00 bits per heavy atom. The van der Waals surface area contributed by atoms with Crippen LogP contribution in [0.15, 0.2) is 23.3 Å². The highest BCUT2D eigenvalue weighted by Gasteiger charge is 2.08. The molecule has 0 bridgehead atoms. The lowest BCUT2D eigenvalue weighted by molar-refractivity contribution is -0.123. The summed E-state index contributed by atoms with van der Waals surface area (Å²) in [5, 5.41) is 22.7. The van der Waals surface area contributed by atoms with E-state index in [0.717, 1.165) is 0 Å². The minimum Gasteiger partial charge on any atom is -0.508 e. The Balaban J connectivity index is 2.88. The van der Waals surface area contributed by atoms with Gasteiger partial charge >= 0.3 is 0 Å². The monoisotopic (exact) mass is 236 g/mol. The van der Waals surface area contributed by atoms with E-state index in [4.69, 9.17) is 0 Å². The number of rotatable bonds is 3. The molecule has 0 aliphatic rings. The number of nitrogens with one attached hydrogen (secondary N) is 1. The number of aromatic hydroxyl groups is 2. The van der Waals surface area contributed by atoms with Gasteiger partial charge in [-0.15, -0.1) is 0 Å². The van der Waals surface area contributed by atoms with Gasteiger partial charge in [0.05, 0.1) is 5.71 Å². The summed E-state index contributed by atoms with van der Waals surface area (Å²) in [7, 11) is 0. The van der Waals surface area contributed by atoms with Crippen molar-refractivity contribution >= 4 is 11.6 Å². The molecule has 1 amide bonds. The summed E-state index contributed by atoms with van der Waals surface area (Å²) in [6.45, 7) is 5.15. The van der Waals surface area contributed by atoms with E-state index in [1.807, 2.05) is 0 Å². The second-order valence-corrected chi connectivity index (χ2v) is 4.03. The van der Waals surface area contributed by atoms with Crippen LogP contribution in [0.2, 0.25) is 0 Å². The molecule has 1 aromatic carbocycles. The van der Waals surface area contributed by atoms with Crippen LogP contribution < -0.4 is 5.43 Å². The Bertz CT molecular complexity index is 453.